The number of carboxylic acid groups (broad SMARTS) is 1. The molecule has 5 heteroatoms. The first-order valence-corrected chi connectivity index (χ1v) is 8.41. The van der Waals surface area contributed by atoms with E-state index in [4.69, 9.17) is 5.11 Å². The van der Waals surface area contributed by atoms with Crippen LogP contribution in [0.25, 0.3) is 0 Å². The minimum absolute atomic E-state index is 0.0276. The number of carbonyl (C=O) groups is 2. The predicted octanol–water partition coefficient (Wildman–Crippen LogP) is 3.09. The van der Waals surface area contributed by atoms with Crippen molar-refractivity contribution < 1.29 is 14.7 Å². The van der Waals surface area contributed by atoms with Crippen molar-refractivity contribution in [2.24, 2.45) is 11.8 Å². The van der Waals surface area contributed by atoms with Crippen LogP contribution in [0, 0.1) is 11.8 Å². The Morgan fingerprint density at radius 3 is 2.38 bits per heavy atom. The molecule has 1 saturated carbocycles. The van der Waals surface area contributed by atoms with E-state index in [0.29, 0.717) is 19.3 Å². The molecule has 0 spiro atoms. The SMILES string of the molecule is CSc1ccc(C(C)NC(=O)C2CCC(C(=O)O)C2)cc1. The molecule has 3 unspecified atom stereocenters. The predicted molar refractivity (Wildman–Crippen MR) is 83.2 cm³/mol. The number of hydrogen-bond acceptors (Lipinski definition) is 3. The number of rotatable bonds is 5. The molecule has 2 rings (SSSR count). The Labute approximate surface area is 129 Å². The average Bonchev–Trinajstić information content (AvgIpc) is 2.97. The highest BCUT2D eigenvalue weighted by Crippen LogP contribution is 2.31. The van der Waals surface area contributed by atoms with E-state index in [1.165, 1.54) is 4.90 Å². The molecule has 21 heavy (non-hydrogen) atoms. The maximum absolute atomic E-state index is 12.2. The molecule has 1 amide bonds. The first kappa shape index (κ1) is 15.9. The summed E-state index contributed by atoms with van der Waals surface area (Å²) in [5.41, 5.74) is 1.06. The van der Waals surface area contributed by atoms with Gasteiger partial charge in [0, 0.05) is 10.8 Å². The summed E-state index contributed by atoms with van der Waals surface area (Å²) in [5.74, 6) is -1.35. The molecule has 0 aromatic heterocycles. The first-order valence-electron chi connectivity index (χ1n) is 7.18. The maximum Gasteiger partial charge on any atom is 0.306 e. The van der Waals surface area contributed by atoms with Crippen LogP contribution in [-0.4, -0.2) is 23.2 Å². The van der Waals surface area contributed by atoms with Gasteiger partial charge in [0.2, 0.25) is 5.91 Å². The highest BCUT2D eigenvalue weighted by Gasteiger charge is 2.34. The number of amides is 1. The summed E-state index contributed by atoms with van der Waals surface area (Å²) in [5, 5.41) is 12.0. The molecule has 2 N–H and O–H groups in total. The van der Waals surface area contributed by atoms with Gasteiger partial charge in [-0.25, -0.2) is 0 Å². The van der Waals surface area contributed by atoms with Crippen LogP contribution in [0.15, 0.2) is 29.2 Å². The lowest BCUT2D eigenvalue weighted by atomic mass is 10.0. The molecule has 0 saturated heterocycles. The Balaban J connectivity index is 1.91. The number of aliphatic carboxylic acids is 1. The third kappa shape index (κ3) is 4.00. The van der Waals surface area contributed by atoms with E-state index in [2.05, 4.69) is 5.32 Å². The van der Waals surface area contributed by atoms with Crippen molar-refractivity contribution in [3.63, 3.8) is 0 Å². The van der Waals surface area contributed by atoms with Gasteiger partial charge >= 0.3 is 5.97 Å². The summed E-state index contributed by atoms with van der Waals surface area (Å²) in [7, 11) is 0. The summed E-state index contributed by atoms with van der Waals surface area (Å²) in [6, 6.07) is 8.06. The minimum atomic E-state index is -0.786. The van der Waals surface area contributed by atoms with Crippen molar-refractivity contribution in [3.8, 4) is 0 Å². The van der Waals surface area contributed by atoms with Gasteiger partial charge in [-0.1, -0.05) is 12.1 Å². The van der Waals surface area contributed by atoms with Crippen LogP contribution in [-0.2, 0) is 9.59 Å². The lowest BCUT2D eigenvalue weighted by molar-refractivity contribution is -0.141. The van der Waals surface area contributed by atoms with Crippen molar-refractivity contribution in [1.82, 2.24) is 5.32 Å². The highest BCUT2D eigenvalue weighted by atomic mass is 32.2. The Hall–Kier alpha value is -1.49. The van der Waals surface area contributed by atoms with Gasteiger partial charge in [-0.05, 0) is 50.1 Å². The Morgan fingerprint density at radius 1 is 1.24 bits per heavy atom. The third-order valence-corrected chi connectivity index (χ3v) is 4.87. The van der Waals surface area contributed by atoms with Gasteiger partial charge in [-0.3, -0.25) is 9.59 Å². The number of carbonyl (C=O) groups excluding carboxylic acids is 1. The van der Waals surface area contributed by atoms with E-state index < -0.39 is 5.97 Å². The number of thioether (sulfide) groups is 1. The fourth-order valence-corrected chi connectivity index (χ4v) is 3.16. The Bertz CT molecular complexity index is 515. The van der Waals surface area contributed by atoms with Crippen molar-refractivity contribution >= 4 is 23.6 Å². The average molecular weight is 307 g/mol. The minimum Gasteiger partial charge on any atom is -0.481 e. The molecular formula is C16H21NO3S. The molecule has 114 valence electrons. The molecule has 1 aromatic rings. The Morgan fingerprint density at radius 2 is 1.86 bits per heavy atom. The lowest BCUT2D eigenvalue weighted by Gasteiger charge is -2.17. The second-order valence-corrected chi connectivity index (χ2v) is 6.43. The largest absolute Gasteiger partial charge is 0.481 e. The van der Waals surface area contributed by atoms with E-state index in [9.17, 15) is 9.59 Å². The molecular weight excluding hydrogens is 286 g/mol. The molecule has 1 fully saturated rings. The van der Waals surface area contributed by atoms with Gasteiger partial charge in [-0.2, -0.15) is 0 Å². The third-order valence-electron chi connectivity index (χ3n) is 4.13. The molecule has 0 heterocycles. The van der Waals surface area contributed by atoms with Crippen molar-refractivity contribution in [1.29, 1.82) is 0 Å². The molecule has 1 aliphatic carbocycles. The summed E-state index contributed by atoms with van der Waals surface area (Å²) in [6.45, 7) is 1.95. The normalized spacial score (nSPS) is 22.8. The van der Waals surface area contributed by atoms with Crippen LogP contribution in [0.5, 0.6) is 0 Å². The molecule has 0 bridgehead atoms. The van der Waals surface area contributed by atoms with Crippen LogP contribution in [0.3, 0.4) is 0 Å². The lowest BCUT2D eigenvalue weighted by Crippen LogP contribution is -2.32. The van der Waals surface area contributed by atoms with Crippen molar-refractivity contribution in [2.45, 2.75) is 37.1 Å². The quantitative estimate of drug-likeness (QED) is 0.820. The standard InChI is InChI=1S/C16H21NO3S/c1-10(11-5-7-14(21-2)8-6-11)17-15(18)12-3-4-13(9-12)16(19)20/h5-8,10,12-13H,3-4,9H2,1-2H3,(H,17,18)(H,19,20). The first-order chi connectivity index (χ1) is 10.0. The zero-order valence-electron chi connectivity index (χ0n) is 12.3. The molecule has 1 aromatic carbocycles. The number of nitrogens with one attached hydrogen (secondary N) is 1. The Kier molecular flexibility index (Phi) is 5.28. The molecule has 0 radical (unpaired) electrons. The summed E-state index contributed by atoms with van der Waals surface area (Å²) >= 11 is 1.68. The molecule has 1 aliphatic rings. The van der Waals surface area contributed by atoms with Gasteiger partial charge < -0.3 is 10.4 Å². The van der Waals surface area contributed by atoms with Gasteiger partial charge in [0.25, 0.3) is 0 Å². The van der Waals surface area contributed by atoms with E-state index in [-0.39, 0.29) is 23.8 Å². The second kappa shape index (κ2) is 6.98. The molecule has 4 nitrogen and oxygen atoms in total. The number of benzene rings is 1. The van der Waals surface area contributed by atoms with Gasteiger partial charge in [0.15, 0.2) is 0 Å². The highest BCUT2D eigenvalue weighted by molar-refractivity contribution is 7.98. The van der Waals surface area contributed by atoms with E-state index >= 15 is 0 Å². The van der Waals surface area contributed by atoms with Crippen LogP contribution in [0.2, 0.25) is 0 Å². The smallest absolute Gasteiger partial charge is 0.306 e. The van der Waals surface area contributed by atoms with Crippen molar-refractivity contribution in [3.05, 3.63) is 29.8 Å². The van der Waals surface area contributed by atoms with Crippen LogP contribution in [0.4, 0.5) is 0 Å². The van der Waals surface area contributed by atoms with E-state index in [1.807, 2.05) is 37.4 Å². The fraction of sp³-hybridized carbons (Fsp3) is 0.500. The topological polar surface area (TPSA) is 66.4 Å². The zero-order valence-corrected chi connectivity index (χ0v) is 13.2. The van der Waals surface area contributed by atoms with Gasteiger partial charge in [0.05, 0.1) is 12.0 Å². The fourth-order valence-electron chi connectivity index (χ4n) is 2.75. The molecule has 0 aliphatic heterocycles. The summed E-state index contributed by atoms with van der Waals surface area (Å²) in [4.78, 5) is 24.3. The van der Waals surface area contributed by atoms with Crippen LogP contribution < -0.4 is 5.32 Å². The van der Waals surface area contributed by atoms with Gasteiger partial charge in [0.1, 0.15) is 0 Å². The summed E-state index contributed by atoms with van der Waals surface area (Å²) < 4.78 is 0. The van der Waals surface area contributed by atoms with Crippen LogP contribution in [0.1, 0.15) is 37.8 Å². The number of carboxylic acids is 1. The monoisotopic (exact) mass is 307 g/mol. The second-order valence-electron chi connectivity index (χ2n) is 5.55. The maximum atomic E-state index is 12.2. The van der Waals surface area contributed by atoms with Gasteiger partial charge in [-0.15, -0.1) is 11.8 Å². The number of hydrogen-bond donors (Lipinski definition) is 2. The van der Waals surface area contributed by atoms with Crippen LogP contribution >= 0.6 is 11.8 Å². The summed E-state index contributed by atoms with van der Waals surface area (Å²) in [6.07, 6.45) is 3.75. The zero-order chi connectivity index (χ0) is 15.4. The van der Waals surface area contributed by atoms with Crippen molar-refractivity contribution in [2.75, 3.05) is 6.26 Å². The molecule has 3 atom stereocenters. The van der Waals surface area contributed by atoms with E-state index in [1.54, 1.807) is 11.8 Å². The van der Waals surface area contributed by atoms with E-state index in [0.717, 1.165) is 5.56 Å².